The molecule has 0 bridgehead atoms. The van der Waals surface area contributed by atoms with E-state index in [1.165, 1.54) is 0 Å². The van der Waals surface area contributed by atoms with Gasteiger partial charge in [0.2, 0.25) is 5.91 Å². The summed E-state index contributed by atoms with van der Waals surface area (Å²) in [7, 11) is 0. The number of hydrogen-bond acceptors (Lipinski definition) is 3. The second-order valence-electron chi connectivity index (χ2n) is 8.33. The first-order valence-electron chi connectivity index (χ1n) is 11.1. The number of amides is 2. The van der Waals surface area contributed by atoms with Crippen molar-refractivity contribution in [3.05, 3.63) is 72.8 Å². The van der Waals surface area contributed by atoms with Gasteiger partial charge in [-0.2, -0.15) is 0 Å². The van der Waals surface area contributed by atoms with Gasteiger partial charge in [-0.1, -0.05) is 60.7 Å². The monoisotopic (exact) mass is 418 g/mol. The molecule has 2 atom stereocenters. The summed E-state index contributed by atoms with van der Waals surface area (Å²) in [6.07, 6.45) is 3.68. The lowest BCUT2D eigenvalue weighted by Gasteiger charge is -2.25. The normalized spacial score (nSPS) is 21.7. The van der Waals surface area contributed by atoms with Gasteiger partial charge >= 0.3 is 0 Å². The quantitative estimate of drug-likeness (QED) is 0.674. The fraction of sp³-hybridized carbons (Fsp3) is 0.385. The molecule has 0 unspecified atom stereocenters. The summed E-state index contributed by atoms with van der Waals surface area (Å²) in [5.41, 5.74) is 3.39. The second-order valence-corrected chi connectivity index (χ2v) is 8.33. The zero-order chi connectivity index (χ0) is 21.6. The van der Waals surface area contributed by atoms with Crippen molar-refractivity contribution in [2.45, 2.75) is 25.4 Å². The van der Waals surface area contributed by atoms with Gasteiger partial charge in [0, 0.05) is 32.8 Å². The van der Waals surface area contributed by atoms with E-state index in [2.05, 4.69) is 36.9 Å². The van der Waals surface area contributed by atoms with Crippen LogP contribution in [0.5, 0.6) is 0 Å². The van der Waals surface area contributed by atoms with Crippen LogP contribution in [0.2, 0.25) is 0 Å². The Morgan fingerprint density at radius 3 is 2.65 bits per heavy atom. The minimum atomic E-state index is -0.358. The molecule has 2 aliphatic heterocycles. The minimum absolute atomic E-state index is 0.0220. The summed E-state index contributed by atoms with van der Waals surface area (Å²) >= 11 is 0. The van der Waals surface area contributed by atoms with Gasteiger partial charge in [-0.05, 0) is 36.0 Å². The molecule has 162 valence electrons. The summed E-state index contributed by atoms with van der Waals surface area (Å²) in [4.78, 5) is 30.0. The Morgan fingerprint density at radius 1 is 1.10 bits per heavy atom. The topological polar surface area (TPSA) is 49.9 Å². The SMILES string of the molecule is C=CCN1CCN(C(=O)[C@H]2CCCO2)C[C@H](Cc2cccc(-c3ccccc3)c2)C1=O. The Labute approximate surface area is 184 Å². The third-order valence-electron chi connectivity index (χ3n) is 6.12. The van der Waals surface area contributed by atoms with Crippen LogP contribution in [0.1, 0.15) is 18.4 Å². The lowest BCUT2D eigenvalue weighted by Crippen LogP contribution is -2.42. The van der Waals surface area contributed by atoms with Crippen LogP contribution < -0.4 is 0 Å². The Balaban J connectivity index is 1.55. The maximum Gasteiger partial charge on any atom is 0.251 e. The van der Waals surface area contributed by atoms with Crippen molar-refractivity contribution in [1.29, 1.82) is 0 Å². The number of benzene rings is 2. The number of hydrogen-bond donors (Lipinski definition) is 0. The number of rotatable bonds is 6. The first kappa shape index (κ1) is 21.3. The predicted octanol–water partition coefficient (Wildman–Crippen LogP) is 3.55. The molecule has 0 saturated carbocycles. The Kier molecular flexibility index (Phi) is 6.82. The van der Waals surface area contributed by atoms with Gasteiger partial charge in [-0.3, -0.25) is 9.59 Å². The van der Waals surface area contributed by atoms with Crippen LogP contribution in [0.4, 0.5) is 0 Å². The molecule has 0 radical (unpaired) electrons. The molecule has 5 heteroatoms. The molecule has 2 heterocycles. The van der Waals surface area contributed by atoms with Crippen molar-refractivity contribution < 1.29 is 14.3 Å². The molecule has 2 fully saturated rings. The number of carbonyl (C=O) groups is 2. The van der Waals surface area contributed by atoms with E-state index in [9.17, 15) is 9.59 Å². The van der Waals surface area contributed by atoms with Crippen molar-refractivity contribution in [3.8, 4) is 11.1 Å². The smallest absolute Gasteiger partial charge is 0.251 e. The molecular weight excluding hydrogens is 388 g/mol. The van der Waals surface area contributed by atoms with Gasteiger partial charge in [-0.15, -0.1) is 6.58 Å². The summed E-state index contributed by atoms with van der Waals surface area (Å²) in [5.74, 6) is -0.166. The van der Waals surface area contributed by atoms with E-state index in [0.717, 1.165) is 29.5 Å². The molecule has 0 aromatic heterocycles. The predicted molar refractivity (Wildman–Crippen MR) is 121 cm³/mol. The summed E-state index contributed by atoms with van der Waals surface area (Å²) in [5, 5.41) is 0. The highest BCUT2D eigenvalue weighted by Gasteiger charge is 2.35. The highest BCUT2D eigenvalue weighted by molar-refractivity contribution is 5.84. The molecular formula is C26H30N2O3. The zero-order valence-electron chi connectivity index (χ0n) is 17.9. The largest absolute Gasteiger partial charge is 0.368 e. The Hall–Kier alpha value is -2.92. The maximum absolute atomic E-state index is 13.3. The summed E-state index contributed by atoms with van der Waals surface area (Å²) in [6, 6.07) is 18.6. The van der Waals surface area contributed by atoms with Gasteiger partial charge in [0.25, 0.3) is 5.91 Å². The van der Waals surface area contributed by atoms with E-state index < -0.39 is 0 Å². The van der Waals surface area contributed by atoms with Crippen molar-refractivity contribution in [3.63, 3.8) is 0 Å². The zero-order valence-corrected chi connectivity index (χ0v) is 17.9. The van der Waals surface area contributed by atoms with E-state index >= 15 is 0 Å². The Bertz CT molecular complexity index is 921. The van der Waals surface area contributed by atoms with Crippen LogP contribution in [-0.2, 0) is 20.7 Å². The van der Waals surface area contributed by atoms with Crippen molar-refractivity contribution in [2.75, 3.05) is 32.8 Å². The Morgan fingerprint density at radius 2 is 1.90 bits per heavy atom. The van der Waals surface area contributed by atoms with Crippen LogP contribution in [0, 0.1) is 5.92 Å². The highest BCUT2D eigenvalue weighted by Crippen LogP contribution is 2.24. The molecule has 5 nitrogen and oxygen atoms in total. The number of nitrogens with zero attached hydrogens (tertiary/aromatic N) is 2. The fourth-order valence-electron chi connectivity index (χ4n) is 4.50. The minimum Gasteiger partial charge on any atom is -0.368 e. The van der Waals surface area contributed by atoms with Crippen LogP contribution in [-0.4, -0.2) is 60.5 Å². The van der Waals surface area contributed by atoms with Crippen LogP contribution in [0.25, 0.3) is 11.1 Å². The molecule has 2 aromatic rings. The average Bonchev–Trinajstić information content (AvgIpc) is 3.30. The van der Waals surface area contributed by atoms with Crippen molar-refractivity contribution in [2.24, 2.45) is 5.92 Å². The molecule has 0 N–H and O–H groups in total. The summed E-state index contributed by atoms with van der Waals surface area (Å²) < 4.78 is 5.62. The molecule has 2 amide bonds. The van der Waals surface area contributed by atoms with E-state index in [0.29, 0.717) is 39.2 Å². The fourth-order valence-corrected chi connectivity index (χ4v) is 4.50. The standard InChI is InChI=1S/C26H30N2O3/c1-2-13-27-14-15-28(26(30)24-12-7-16-31-24)19-23(25(27)29)18-20-8-6-11-22(17-20)21-9-4-3-5-10-21/h2-6,8-11,17,23-24H,1,7,12-16,18-19H2/t23-,24+/m0/s1. The molecule has 2 aromatic carbocycles. The van der Waals surface area contributed by atoms with Gasteiger partial charge in [0.1, 0.15) is 6.10 Å². The molecule has 4 rings (SSSR count). The third kappa shape index (κ3) is 5.05. The van der Waals surface area contributed by atoms with Gasteiger partial charge in [0.05, 0.1) is 5.92 Å². The van der Waals surface area contributed by atoms with E-state index in [-0.39, 0.29) is 23.8 Å². The lowest BCUT2D eigenvalue weighted by atomic mass is 9.94. The second kappa shape index (κ2) is 9.92. The highest BCUT2D eigenvalue weighted by atomic mass is 16.5. The molecule has 2 saturated heterocycles. The first-order valence-corrected chi connectivity index (χ1v) is 11.1. The van der Waals surface area contributed by atoms with Crippen LogP contribution in [0.15, 0.2) is 67.3 Å². The molecule has 31 heavy (non-hydrogen) atoms. The average molecular weight is 419 g/mol. The van der Waals surface area contributed by atoms with E-state index in [4.69, 9.17) is 4.74 Å². The van der Waals surface area contributed by atoms with Gasteiger partial charge < -0.3 is 14.5 Å². The van der Waals surface area contributed by atoms with Crippen molar-refractivity contribution >= 4 is 11.8 Å². The van der Waals surface area contributed by atoms with E-state index in [1.54, 1.807) is 6.08 Å². The van der Waals surface area contributed by atoms with Crippen LogP contribution >= 0.6 is 0 Å². The lowest BCUT2D eigenvalue weighted by molar-refractivity contribution is -0.141. The summed E-state index contributed by atoms with van der Waals surface area (Å²) in [6.45, 7) is 6.44. The van der Waals surface area contributed by atoms with Gasteiger partial charge in [-0.25, -0.2) is 0 Å². The van der Waals surface area contributed by atoms with Crippen LogP contribution in [0.3, 0.4) is 0 Å². The molecule has 0 spiro atoms. The third-order valence-corrected chi connectivity index (χ3v) is 6.12. The first-order chi connectivity index (χ1) is 15.2. The molecule has 0 aliphatic carbocycles. The number of ether oxygens (including phenoxy) is 1. The maximum atomic E-state index is 13.3. The van der Waals surface area contributed by atoms with E-state index in [1.807, 2.05) is 34.1 Å². The molecule has 2 aliphatic rings. The number of carbonyl (C=O) groups excluding carboxylic acids is 2. The van der Waals surface area contributed by atoms with Crippen molar-refractivity contribution in [1.82, 2.24) is 9.80 Å². The van der Waals surface area contributed by atoms with Gasteiger partial charge in [0.15, 0.2) is 0 Å².